The number of rotatable bonds is 5. The van der Waals surface area contributed by atoms with Crippen LogP contribution in [0.1, 0.15) is 52.0 Å². The van der Waals surface area contributed by atoms with Crippen LogP contribution in [0.4, 0.5) is 0 Å². The Labute approximate surface area is 128 Å². The quantitative estimate of drug-likeness (QED) is 0.905. The lowest BCUT2D eigenvalue weighted by molar-refractivity contribution is 0.149. The summed E-state index contributed by atoms with van der Waals surface area (Å²) in [5.74, 6) is 0.808. The Morgan fingerprint density at radius 3 is 2.95 bits per heavy atom. The lowest BCUT2D eigenvalue weighted by atomic mass is 9.91. The molecule has 4 nitrogen and oxygen atoms in total. The summed E-state index contributed by atoms with van der Waals surface area (Å²) in [5, 5.41) is 3.96. The number of likely N-dealkylation sites (tertiary alicyclic amines) is 1. The van der Waals surface area contributed by atoms with Crippen molar-refractivity contribution in [3.8, 4) is 0 Å². The molecule has 0 aromatic carbocycles. The van der Waals surface area contributed by atoms with Gasteiger partial charge in [0, 0.05) is 37.1 Å². The van der Waals surface area contributed by atoms with Gasteiger partial charge in [0.25, 0.3) is 0 Å². The monoisotopic (exact) mass is 290 g/mol. The average Bonchev–Trinajstić information content (AvgIpc) is 3.18. The summed E-state index contributed by atoms with van der Waals surface area (Å²) >= 11 is 0. The smallest absolute Gasteiger partial charge is 0.0949 e. The third kappa shape index (κ3) is 3.49. The molecule has 1 saturated carbocycles. The summed E-state index contributed by atoms with van der Waals surface area (Å²) in [4.78, 5) is 6.83. The first-order chi connectivity index (χ1) is 10.3. The fourth-order valence-electron chi connectivity index (χ4n) is 4.22. The Hall–Kier alpha value is -0.870. The van der Waals surface area contributed by atoms with E-state index in [1.807, 2.05) is 12.5 Å². The van der Waals surface area contributed by atoms with Crippen LogP contribution in [0.3, 0.4) is 0 Å². The van der Waals surface area contributed by atoms with E-state index in [0.717, 1.165) is 5.92 Å². The highest BCUT2D eigenvalue weighted by Gasteiger charge is 2.32. The molecular weight excluding hydrogens is 260 g/mol. The second-order valence-electron chi connectivity index (χ2n) is 6.87. The molecule has 1 aliphatic carbocycles. The predicted molar refractivity (Wildman–Crippen MR) is 86.3 cm³/mol. The zero-order chi connectivity index (χ0) is 14.7. The topological polar surface area (TPSA) is 33.1 Å². The van der Waals surface area contributed by atoms with E-state index in [0.29, 0.717) is 18.1 Å². The van der Waals surface area contributed by atoms with Crippen molar-refractivity contribution in [2.45, 2.75) is 64.1 Å². The molecule has 1 aromatic heterocycles. The van der Waals surface area contributed by atoms with Crippen molar-refractivity contribution < 1.29 is 0 Å². The van der Waals surface area contributed by atoms with E-state index in [2.05, 4.69) is 39.8 Å². The fraction of sp³-hybridized carbons (Fsp3) is 0.824. The van der Waals surface area contributed by atoms with Gasteiger partial charge in [0.15, 0.2) is 0 Å². The molecule has 2 fully saturated rings. The van der Waals surface area contributed by atoms with Crippen LogP contribution in [0.5, 0.6) is 0 Å². The van der Waals surface area contributed by atoms with Gasteiger partial charge in [-0.1, -0.05) is 6.92 Å². The van der Waals surface area contributed by atoms with Gasteiger partial charge in [-0.25, -0.2) is 4.98 Å². The van der Waals surface area contributed by atoms with Crippen LogP contribution in [0.15, 0.2) is 18.7 Å². The Kier molecular flexibility index (Phi) is 4.96. The number of piperidine rings is 1. The predicted octanol–water partition coefficient (Wildman–Crippen LogP) is 2.69. The van der Waals surface area contributed by atoms with Crippen LogP contribution in [0.2, 0.25) is 0 Å². The lowest BCUT2D eigenvalue weighted by Crippen LogP contribution is -2.48. The van der Waals surface area contributed by atoms with Gasteiger partial charge in [0.1, 0.15) is 0 Å². The van der Waals surface area contributed by atoms with E-state index in [4.69, 9.17) is 0 Å². The number of aromatic nitrogens is 2. The van der Waals surface area contributed by atoms with Crippen LogP contribution < -0.4 is 5.32 Å². The molecule has 0 radical (unpaired) electrons. The van der Waals surface area contributed by atoms with E-state index in [9.17, 15) is 0 Å². The molecule has 1 N–H and O–H groups in total. The first kappa shape index (κ1) is 15.0. The number of hydrogen-bond donors (Lipinski definition) is 1. The van der Waals surface area contributed by atoms with Crippen molar-refractivity contribution >= 4 is 0 Å². The first-order valence-corrected chi connectivity index (χ1v) is 8.73. The minimum Gasteiger partial charge on any atom is -0.333 e. The van der Waals surface area contributed by atoms with Gasteiger partial charge in [0.2, 0.25) is 0 Å². The maximum Gasteiger partial charge on any atom is 0.0949 e. The molecule has 3 rings (SSSR count). The lowest BCUT2D eigenvalue weighted by Gasteiger charge is -2.37. The molecule has 1 aromatic rings. The second kappa shape index (κ2) is 6.93. The SMILES string of the molecule is CCN1CCCC(C(C)NC2CCCC2n2ccnc2)C1. The molecular formula is C17H30N4. The Balaban J connectivity index is 1.57. The van der Waals surface area contributed by atoms with Crippen molar-refractivity contribution in [3.63, 3.8) is 0 Å². The minimum atomic E-state index is 0.598. The number of hydrogen-bond acceptors (Lipinski definition) is 3. The molecule has 2 aliphatic rings. The average molecular weight is 290 g/mol. The zero-order valence-electron chi connectivity index (χ0n) is 13.5. The van der Waals surface area contributed by atoms with Crippen LogP contribution in [0, 0.1) is 5.92 Å². The standard InChI is InChI=1S/C17H30N4/c1-3-20-10-5-6-15(12-20)14(2)19-16-7-4-8-17(16)21-11-9-18-13-21/h9,11,13-17,19H,3-8,10,12H2,1-2H3. The van der Waals surface area contributed by atoms with Gasteiger partial charge in [-0.2, -0.15) is 0 Å². The van der Waals surface area contributed by atoms with Gasteiger partial charge in [0.05, 0.1) is 6.33 Å². The van der Waals surface area contributed by atoms with E-state index in [-0.39, 0.29) is 0 Å². The summed E-state index contributed by atoms with van der Waals surface area (Å²) in [7, 11) is 0. The Bertz CT molecular complexity index is 416. The van der Waals surface area contributed by atoms with Gasteiger partial charge in [-0.05, 0) is 58.0 Å². The van der Waals surface area contributed by atoms with Crippen molar-refractivity contribution in [3.05, 3.63) is 18.7 Å². The maximum absolute atomic E-state index is 4.22. The first-order valence-electron chi connectivity index (χ1n) is 8.73. The molecule has 0 spiro atoms. The normalized spacial score (nSPS) is 32.4. The van der Waals surface area contributed by atoms with E-state index < -0.39 is 0 Å². The molecule has 21 heavy (non-hydrogen) atoms. The third-order valence-corrected chi connectivity index (χ3v) is 5.56. The van der Waals surface area contributed by atoms with Gasteiger partial charge >= 0.3 is 0 Å². The van der Waals surface area contributed by atoms with Crippen molar-refractivity contribution in [2.75, 3.05) is 19.6 Å². The van der Waals surface area contributed by atoms with Crippen molar-refractivity contribution in [2.24, 2.45) is 5.92 Å². The number of imidazole rings is 1. The minimum absolute atomic E-state index is 0.598. The van der Waals surface area contributed by atoms with E-state index in [1.165, 1.54) is 51.7 Å². The van der Waals surface area contributed by atoms with Gasteiger partial charge in [-0.15, -0.1) is 0 Å². The summed E-state index contributed by atoms with van der Waals surface area (Å²) in [6, 6.07) is 1.83. The Morgan fingerprint density at radius 2 is 2.19 bits per heavy atom. The van der Waals surface area contributed by atoms with E-state index >= 15 is 0 Å². The molecule has 1 saturated heterocycles. The molecule has 118 valence electrons. The Morgan fingerprint density at radius 1 is 1.29 bits per heavy atom. The highest BCUT2D eigenvalue weighted by Crippen LogP contribution is 2.31. The molecule has 4 atom stereocenters. The molecule has 0 amide bonds. The largest absolute Gasteiger partial charge is 0.333 e. The maximum atomic E-state index is 4.22. The fourth-order valence-corrected chi connectivity index (χ4v) is 4.22. The van der Waals surface area contributed by atoms with Crippen LogP contribution in [-0.4, -0.2) is 46.2 Å². The summed E-state index contributed by atoms with van der Waals surface area (Å²) in [6.45, 7) is 8.44. The van der Waals surface area contributed by atoms with Crippen LogP contribution in [-0.2, 0) is 0 Å². The van der Waals surface area contributed by atoms with Crippen molar-refractivity contribution in [1.82, 2.24) is 19.8 Å². The molecule has 4 heteroatoms. The van der Waals surface area contributed by atoms with Crippen LogP contribution >= 0.6 is 0 Å². The highest BCUT2D eigenvalue weighted by atomic mass is 15.1. The molecule has 1 aliphatic heterocycles. The van der Waals surface area contributed by atoms with Crippen LogP contribution in [0.25, 0.3) is 0 Å². The van der Waals surface area contributed by atoms with Gasteiger partial charge < -0.3 is 14.8 Å². The van der Waals surface area contributed by atoms with Gasteiger partial charge in [-0.3, -0.25) is 0 Å². The number of nitrogens with one attached hydrogen (secondary N) is 1. The second-order valence-corrected chi connectivity index (χ2v) is 6.87. The molecule has 4 unspecified atom stereocenters. The summed E-state index contributed by atoms with van der Waals surface area (Å²) in [5.41, 5.74) is 0. The number of nitrogens with zero attached hydrogens (tertiary/aromatic N) is 3. The zero-order valence-corrected chi connectivity index (χ0v) is 13.5. The molecule has 0 bridgehead atoms. The summed E-state index contributed by atoms with van der Waals surface area (Å²) < 4.78 is 2.30. The van der Waals surface area contributed by atoms with E-state index in [1.54, 1.807) is 0 Å². The summed E-state index contributed by atoms with van der Waals surface area (Å²) in [6.07, 6.45) is 12.7. The highest BCUT2D eigenvalue weighted by molar-refractivity contribution is 4.94. The van der Waals surface area contributed by atoms with Crippen molar-refractivity contribution in [1.29, 1.82) is 0 Å². The molecule has 2 heterocycles. The third-order valence-electron chi connectivity index (χ3n) is 5.56.